The van der Waals surface area contributed by atoms with E-state index in [1.165, 1.54) is 0 Å². The molecule has 110 valence electrons. The number of methoxy groups -OCH3 is 1. The summed E-state index contributed by atoms with van der Waals surface area (Å²) >= 11 is 0. The molecule has 22 heavy (non-hydrogen) atoms. The topological polar surface area (TPSA) is 29.5 Å². The molecule has 1 atom stereocenters. The van der Waals surface area contributed by atoms with E-state index in [9.17, 15) is 5.11 Å². The fourth-order valence-electron chi connectivity index (χ4n) is 2.47. The van der Waals surface area contributed by atoms with Crippen molar-refractivity contribution in [2.45, 2.75) is 6.10 Å². The third-order valence-electron chi connectivity index (χ3n) is 3.77. The molecule has 0 saturated carbocycles. The maximum Gasteiger partial charge on any atom is 0.118 e. The summed E-state index contributed by atoms with van der Waals surface area (Å²) in [6.07, 6.45) is -0.592. The quantitative estimate of drug-likeness (QED) is 0.769. The first-order valence-electron chi connectivity index (χ1n) is 7.25. The molecule has 0 bridgehead atoms. The molecule has 0 aliphatic carbocycles. The van der Waals surface area contributed by atoms with Crippen LogP contribution in [0.3, 0.4) is 0 Å². The smallest absolute Gasteiger partial charge is 0.118 e. The predicted octanol–water partition coefficient (Wildman–Crippen LogP) is 4.44. The molecule has 3 aromatic rings. The molecule has 0 aromatic heterocycles. The summed E-state index contributed by atoms with van der Waals surface area (Å²) in [5.74, 6) is 0.847. The summed E-state index contributed by atoms with van der Waals surface area (Å²) in [5.41, 5.74) is 4.04. The van der Waals surface area contributed by atoms with Gasteiger partial charge in [0.2, 0.25) is 0 Å². The maximum atomic E-state index is 10.4. The highest BCUT2D eigenvalue weighted by Gasteiger charge is 2.09. The van der Waals surface area contributed by atoms with E-state index in [0.29, 0.717) is 0 Å². The second-order valence-corrected chi connectivity index (χ2v) is 5.16. The van der Waals surface area contributed by atoms with Crippen molar-refractivity contribution in [2.75, 3.05) is 7.11 Å². The molecule has 0 spiro atoms. The van der Waals surface area contributed by atoms with Crippen LogP contribution in [0.1, 0.15) is 17.2 Å². The molecule has 3 rings (SSSR count). The van der Waals surface area contributed by atoms with Crippen molar-refractivity contribution >= 4 is 0 Å². The van der Waals surface area contributed by atoms with Gasteiger partial charge in [0.15, 0.2) is 0 Å². The summed E-state index contributed by atoms with van der Waals surface area (Å²) in [6.45, 7) is 0. The van der Waals surface area contributed by atoms with Crippen molar-refractivity contribution in [3.8, 4) is 16.9 Å². The lowest BCUT2D eigenvalue weighted by Crippen LogP contribution is -1.98. The minimum atomic E-state index is -0.592. The van der Waals surface area contributed by atoms with Crippen LogP contribution in [0.15, 0.2) is 78.9 Å². The van der Waals surface area contributed by atoms with Gasteiger partial charge in [-0.2, -0.15) is 0 Å². The van der Waals surface area contributed by atoms with E-state index in [1.807, 2.05) is 78.9 Å². The van der Waals surface area contributed by atoms with E-state index < -0.39 is 6.10 Å². The summed E-state index contributed by atoms with van der Waals surface area (Å²) in [5, 5.41) is 10.4. The molecule has 0 aliphatic heterocycles. The highest BCUT2D eigenvalue weighted by molar-refractivity contribution is 5.64. The van der Waals surface area contributed by atoms with Gasteiger partial charge in [-0.05, 0) is 34.4 Å². The van der Waals surface area contributed by atoms with Crippen LogP contribution in [0.5, 0.6) is 5.75 Å². The van der Waals surface area contributed by atoms with Crippen LogP contribution in [-0.2, 0) is 0 Å². The van der Waals surface area contributed by atoms with Gasteiger partial charge < -0.3 is 9.84 Å². The molecular weight excluding hydrogens is 272 g/mol. The SMILES string of the molecule is COc1ccc(-c2ccc(C(O)c3ccccc3)cc2)cc1. The monoisotopic (exact) mass is 290 g/mol. The Hall–Kier alpha value is -2.58. The molecule has 0 aliphatic rings. The Labute approximate surface area is 130 Å². The number of rotatable bonds is 4. The Morgan fingerprint density at radius 2 is 1.18 bits per heavy atom. The van der Waals surface area contributed by atoms with Crippen molar-refractivity contribution in [1.82, 2.24) is 0 Å². The molecule has 2 heteroatoms. The highest BCUT2D eigenvalue weighted by atomic mass is 16.5. The fourth-order valence-corrected chi connectivity index (χ4v) is 2.47. The van der Waals surface area contributed by atoms with E-state index in [4.69, 9.17) is 4.74 Å². The van der Waals surface area contributed by atoms with E-state index in [0.717, 1.165) is 28.0 Å². The third-order valence-corrected chi connectivity index (χ3v) is 3.77. The van der Waals surface area contributed by atoms with Gasteiger partial charge in [-0.25, -0.2) is 0 Å². The Bertz CT molecular complexity index is 716. The van der Waals surface area contributed by atoms with Crippen molar-refractivity contribution in [3.63, 3.8) is 0 Å². The zero-order valence-electron chi connectivity index (χ0n) is 12.4. The largest absolute Gasteiger partial charge is 0.497 e. The second kappa shape index (κ2) is 6.46. The Balaban J connectivity index is 1.83. The van der Waals surface area contributed by atoms with E-state index >= 15 is 0 Å². The van der Waals surface area contributed by atoms with Crippen molar-refractivity contribution in [2.24, 2.45) is 0 Å². The summed E-state index contributed by atoms with van der Waals surface area (Å²) in [7, 11) is 1.66. The van der Waals surface area contributed by atoms with E-state index in [2.05, 4.69) is 0 Å². The van der Waals surface area contributed by atoms with Crippen LogP contribution in [0.4, 0.5) is 0 Å². The summed E-state index contributed by atoms with van der Waals surface area (Å²) < 4.78 is 5.17. The number of aliphatic hydroxyl groups excluding tert-OH is 1. The zero-order chi connectivity index (χ0) is 15.4. The van der Waals surface area contributed by atoms with E-state index in [1.54, 1.807) is 7.11 Å². The van der Waals surface area contributed by atoms with Crippen LogP contribution < -0.4 is 4.74 Å². The first-order chi connectivity index (χ1) is 10.8. The number of benzene rings is 3. The van der Waals surface area contributed by atoms with Crippen LogP contribution in [0.25, 0.3) is 11.1 Å². The van der Waals surface area contributed by atoms with Crippen LogP contribution in [0.2, 0.25) is 0 Å². The lowest BCUT2D eigenvalue weighted by molar-refractivity contribution is 0.220. The number of hydrogen-bond donors (Lipinski definition) is 1. The predicted molar refractivity (Wildman–Crippen MR) is 88.9 cm³/mol. The molecule has 2 nitrogen and oxygen atoms in total. The van der Waals surface area contributed by atoms with Gasteiger partial charge in [-0.1, -0.05) is 66.7 Å². The molecular formula is C20H18O2. The number of ether oxygens (including phenoxy) is 1. The first-order valence-corrected chi connectivity index (χ1v) is 7.25. The summed E-state index contributed by atoms with van der Waals surface area (Å²) in [4.78, 5) is 0. The summed E-state index contributed by atoms with van der Waals surface area (Å²) in [6, 6.07) is 25.6. The fraction of sp³-hybridized carbons (Fsp3) is 0.100. The lowest BCUT2D eigenvalue weighted by Gasteiger charge is -2.12. The number of hydrogen-bond acceptors (Lipinski definition) is 2. The highest BCUT2D eigenvalue weighted by Crippen LogP contribution is 2.26. The molecule has 1 N–H and O–H groups in total. The van der Waals surface area contributed by atoms with Gasteiger partial charge in [-0.3, -0.25) is 0 Å². The third kappa shape index (κ3) is 3.02. The standard InChI is InChI=1S/C20H18O2/c1-22-19-13-11-16(12-14-19)15-7-9-18(10-8-15)20(21)17-5-3-2-4-6-17/h2-14,20-21H,1H3. The minimum absolute atomic E-state index is 0.592. The van der Waals surface area contributed by atoms with Gasteiger partial charge >= 0.3 is 0 Å². The van der Waals surface area contributed by atoms with Crippen molar-refractivity contribution in [3.05, 3.63) is 90.0 Å². The first kappa shape index (κ1) is 14.4. The molecule has 1 unspecified atom stereocenters. The van der Waals surface area contributed by atoms with Gasteiger partial charge in [-0.15, -0.1) is 0 Å². The normalized spacial score (nSPS) is 11.9. The van der Waals surface area contributed by atoms with Crippen molar-refractivity contribution in [1.29, 1.82) is 0 Å². The average molecular weight is 290 g/mol. The van der Waals surface area contributed by atoms with Crippen LogP contribution in [-0.4, -0.2) is 12.2 Å². The molecule has 0 fully saturated rings. The van der Waals surface area contributed by atoms with Gasteiger partial charge in [0.1, 0.15) is 11.9 Å². The van der Waals surface area contributed by atoms with Crippen LogP contribution >= 0.6 is 0 Å². The van der Waals surface area contributed by atoms with Gasteiger partial charge in [0.25, 0.3) is 0 Å². The van der Waals surface area contributed by atoms with E-state index in [-0.39, 0.29) is 0 Å². The van der Waals surface area contributed by atoms with Crippen molar-refractivity contribution < 1.29 is 9.84 Å². The molecule has 0 heterocycles. The minimum Gasteiger partial charge on any atom is -0.497 e. The average Bonchev–Trinajstić information content (AvgIpc) is 2.62. The molecule has 0 saturated heterocycles. The molecule has 0 radical (unpaired) electrons. The maximum absolute atomic E-state index is 10.4. The second-order valence-electron chi connectivity index (χ2n) is 5.16. The Kier molecular flexibility index (Phi) is 4.22. The molecule has 3 aromatic carbocycles. The van der Waals surface area contributed by atoms with Gasteiger partial charge in [0, 0.05) is 0 Å². The zero-order valence-corrected chi connectivity index (χ0v) is 12.4. The Morgan fingerprint density at radius 1 is 0.682 bits per heavy atom. The van der Waals surface area contributed by atoms with Crippen LogP contribution in [0, 0.1) is 0 Å². The Morgan fingerprint density at radius 3 is 1.73 bits per heavy atom. The molecule has 0 amide bonds. The van der Waals surface area contributed by atoms with Gasteiger partial charge in [0.05, 0.1) is 7.11 Å². The lowest BCUT2D eigenvalue weighted by atomic mass is 9.98. The number of aliphatic hydroxyl groups is 1.